The highest BCUT2D eigenvalue weighted by atomic mass is 19.1. The van der Waals surface area contributed by atoms with Gasteiger partial charge in [-0.1, -0.05) is 12.1 Å². The molecule has 0 aliphatic carbocycles. The highest BCUT2D eigenvalue weighted by Gasteiger charge is 2.25. The van der Waals surface area contributed by atoms with Crippen molar-refractivity contribution >= 4 is 6.03 Å². The first-order valence-electron chi connectivity index (χ1n) is 6.49. The van der Waals surface area contributed by atoms with Crippen molar-refractivity contribution in [2.75, 3.05) is 19.7 Å². The second kappa shape index (κ2) is 6.02. The Bertz CT molecular complexity index is 465. The SMILES string of the molecule is Cc1ccc(CNC(=O)N2CCC(CO)C2)cc1F. The van der Waals surface area contributed by atoms with Crippen LogP contribution in [-0.2, 0) is 6.54 Å². The maximum atomic E-state index is 13.4. The number of carbonyl (C=O) groups excluding carboxylic acids is 1. The predicted molar refractivity (Wildman–Crippen MR) is 70.1 cm³/mol. The zero-order chi connectivity index (χ0) is 13.8. The average molecular weight is 266 g/mol. The highest BCUT2D eigenvalue weighted by Crippen LogP contribution is 2.15. The molecule has 1 heterocycles. The van der Waals surface area contributed by atoms with Gasteiger partial charge in [0.05, 0.1) is 0 Å². The number of halogens is 1. The Morgan fingerprint density at radius 3 is 3.00 bits per heavy atom. The van der Waals surface area contributed by atoms with Crippen LogP contribution in [0.1, 0.15) is 17.5 Å². The first kappa shape index (κ1) is 13.8. The van der Waals surface area contributed by atoms with E-state index in [2.05, 4.69) is 5.32 Å². The number of likely N-dealkylation sites (tertiary alicyclic amines) is 1. The van der Waals surface area contributed by atoms with E-state index in [9.17, 15) is 9.18 Å². The van der Waals surface area contributed by atoms with E-state index in [4.69, 9.17) is 5.11 Å². The number of amides is 2. The average Bonchev–Trinajstić information content (AvgIpc) is 2.88. The van der Waals surface area contributed by atoms with Gasteiger partial charge in [-0.05, 0) is 30.5 Å². The third-order valence-electron chi connectivity index (χ3n) is 3.51. The van der Waals surface area contributed by atoms with Crippen molar-refractivity contribution in [1.29, 1.82) is 0 Å². The van der Waals surface area contributed by atoms with Crippen molar-refractivity contribution < 1.29 is 14.3 Å². The largest absolute Gasteiger partial charge is 0.396 e. The van der Waals surface area contributed by atoms with E-state index in [0.29, 0.717) is 25.2 Å². The number of benzene rings is 1. The molecule has 4 nitrogen and oxygen atoms in total. The topological polar surface area (TPSA) is 52.6 Å². The van der Waals surface area contributed by atoms with Gasteiger partial charge in [0.25, 0.3) is 0 Å². The van der Waals surface area contributed by atoms with Crippen molar-refractivity contribution in [3.63, 3.8) is 0 Å². The quantitative estimate of drug-likeness (QED) is 0.874. The molecule has 1 aromatic rings. The molecular weight excluding hydrogens is 247 g/mol. The van der Waals surface area contributed by atoms with Gasteiger partial charge in [-0.15, -0.1) is 0 Å². The van der Waals surface area contributed by atoms with Crippen LogP contribution in [0.3, 0.4) is 0 Å². The molecule has 0 radical (unpaired) electrons. The van der Waals surface area contributed by atoms with E-state index >= 15 is 0 Å². The molecule has 19 heavy (non-hydrogen) atoms. The molecule has 0 saturated carbocycles. The van der Waals surface area contributed by atoms with Crippen LogP contribution in [0, 0.1) is 18.7 Å². The summed E-state index contributed by atoms with van der Waals surface area (Å²) in [6.07, 6.45) is 0.836. The second-order valence-electron chi connectivity index (χ2n) is 5.03. The van der Waals surface area contributed by atoms with Gasteiger partial charge in [0.2, 0.25) is 0 Å². The van der Waals surface area contributed by atoms with Crippen molar-refractivity contribution in [2.24, 2.45) is 5.92 Å². The number of aryl methyl sites for hydroxylation is 1. The first-order chi connectivity index (χ1) is 9.10. The third kappa shape index (κ3) is 3.44. The number of hydrogen-bond acceptors (Lipinski definition) is 2. The number of rotatable bonds is 3. The van der Waals surface area contributed by atoms with Crippen LogP contribution in [0.25, 0.3) is 0 Å². The lowest BCUT2D eigenvalue weighted by Crippen LogP contribution is -2.38. The molecule has 0 bridgehead atoms. The smallest absolute Gasteiger partial charge is 0.317 e. The Balaban J connectivity index is 1.85. The molecule has 104 valence electrons. The molecule has 0 spiro atoms. The Hall–Kier alpha value is -1.62. The molecule has 5 heteroatoms. The molecule has 1 aliphatic heterocycles. The van der Waals surface area contributed by atoms with Gasteiger partial charge in [-0.2, -0.15) is 0 Å². The summed E-state index contributed by atoms with van der Waals surface area (Å²) in [5.74, 6) is -0.0733. The second-order valence-corrected chi connectivity index (χ2v) is 5.03. The summed E-state index contributed by atoms with van der Waals surface area (Å²) in [5.41, 5.74) is 1.34. The molecule has 2 rings (SSSR count). The fourth-order valence-electron chi connectivity index (χ4n) is 2.20. The Morgan fingerprint density at radius 1 is 1.58 bits per heavy atom. The summed E-state index contributed by atoms with van der Waals surface area (Å²) in [5, 5.41) is 11.8. The maximum Gasteiger partial charge on any atom is 0.317 e. The molecule has 1 unspecified atom stereocenters. The van der Waals surface area contributed by atoms with E-state index < -0.39 is 0 Å². The van der Waals surface area contributed by atoms with Crippen molar-refractivity contribution in [1.82, 2.24) is 10.2 Å². The van der Waals surface area contributed by atoms with Crippen molar-refractivity contribution in [2.45, 2.75) is 19.9 Å². The normalized spacial score (nSPS) is 18.7. The molecule has 1 atom stereocenters. The van der Waals surface area contributed by atoms with E-state index in [1.54, 1.807) is 24.0 Å². The number of carbonyl (C=O) groups is 1. The minimum absolute atomic E-state index is 0.118. The predicted octanol–water partition coefficient (Wildman–Crippen LogP) is 1.66. The monoisotopic (exact) mass is 266 g/mol. The zero-order valence-electron chi connectivity index (χ0n) is 11.0. The molecule has 2 N–H and O–H groups in total. The van der Waals surface area contributed by atoms with Crippen LogP contribution in [0.2, 0.25) is 0 Å². The minimum Gasteiger partial charge on any atom is -0.396 e. The van der Waals surface area contributed by atoms with E-state index in [0.717, 1.165) is 12.0 Å². The Labute approximate surface area is 112 Å². The van der Waals surface area contributed by atoms with Crippen LogP contribution in [-0.4, -0.2) is 35.7 Å². The lowest BCUT2D eigenvalue weighted by Gasteiger charge is -2.17. The summed E-state index contributed by atoms with van der Waals surface area (Å²) in [4.78, 5) is 13.6. The highest BCUT2D eigenvalue weighted by molar-refractivity contribution is 5.74. The number of aliphatic hydroxyl groups is 1. The number of urea groups is 1. The van der Waals surface area contributed by atoms with Gasteiger partial charge in [-0.25, -0.2) is 9.18 Å². The Kier molecular flexibility index (Phi) is 4.37. The van der Waals surface area contributed by atoms with E-state index in [1.165, 1.54) is 6.07 Å². The standard InChI is InChI=1S/C14H19FN2O2/c1-10-2-3-11(6-13(10)15)7-16-14(19)17-5-4-12(8-17)9-18/h2-3,6,12,18H,4-5,7-9H2,1H3,(H,16,19). The van der Waals surface area contributed by atoms with Crippen LogP contribution in [0.15, 0.2) is 18.2 Å². The molecule has 1 aromatic carbocycles. The lowest BCUT2D eigenvalue weighted by atomic mass is 10.1. The minimum atomic E-state index is -0.256. The summed E-state index contributed by atoms with van der Waals surface area (Å²) >= 11 is 0. The third-order valence-corrected chi connectivity index (χ3v) is 3.51. The molecular formula is C14H19FN2O2. The molecule has 1 saturated heterocycles. The van der Waals surface area contributed by atoms with Crippen LogP contribution < -0.4 is 5.32 Å². The van der Waals surface area contributed by atoms with E-state index in [-0.39, 0.29) is 24.4 Å². The maximum absolute atomic E-state index is 13.4. The molecule has 1 aliphatic rings. The van der Waals surface area contributed by atoms with Gasteiger partial charge >= 0.3 is 6.03 Å². The summed E-state index contributed by atoms with van der Waals surface area (Å²) in [6.45, 7) is 3.39. The van der Waals surface area contributed by atoms with Gasteiger partial charge in [0, 0.05) is 32.2 Å². The summed E-state index contributed by atoms with van der Waals surface area (Å²) in [6, 6.07) is 4.79. The van der Waals surface area contributed by atoms with Gasteiger partial charge < -0.3 is 15.3 Å². The number of nitrogens with one attached hydrogen (secondary N) is 1. The molecule has 0 aromatic heterocycles. The van der Waals surface area contributed by atoms with Gasteiger partial charge in [0.15, 0.2) is 0 Å². The fraction of sp³-hybridized carbons (Fsp3) is 0.500. The summed E-state index contributed by atoms with van der Waals surface area (Å²) in [7, 11) is 0. The Morgan fingerprint density at radius 2 is 2.37 bits per heavy atom. The number of hydrogen-bond donors (Lipinski definition) is 2. The van der Waals surface area contributed by atoms with Gasteiger partial charge in [0.1, 0.15) is 5.82 Å². The number of aliphatic hydroxyl groups excluding tert-OH is 1. The van der Waals surface area contributed by atoms with Gasteiger partial charge in [-0.3, -0.25) is 0 Å². The number of nitrogens with zero attached hydrogens (tertiary/aromatic N) is 1. The zero-order valence-corrected chi connectivity index (χ0v) is 11.0. The van der Waals surface area contributed by atoms with Crippen molar-refractivity contribution in [3.8, 4) is 0 Å². The summed E-state index contributed by atoms with van der Waals surface area (Å²) < 4.78 is 13.4. The van der Waals surface area contributed by atoms with Crippen LogP contribution >= 0.6 is 0 Å². The molecule has 2 amide bonds. The van der Waals surface area contributed by atoms with Crippen LogP contribution in [0.4, 0.5) is 9.18 Å². The lowest BCUT2D eigenvalue weighted by molar-refractivity contribution is 0.198. The fourth-order valence-corrected chi connectivity index (χ4v) is 2.20. The van der Waals surface area contributed by atoms with Crippen LogP contribution in [0.5, 0.6) is 0 Å². The van der Waals surface area contributed by atoms with E-state index in [1.807, 2.05) is 0 Å². The molecule has 1 fully saturated rings. The van der Waals surface area contributed by atoms with Crippen molar-refractivity contribution in [3.05, 3.63) is 35.1 Å². The first-order valence-corrected chi connectivity index (χ1v) is 6.49.